The maximum Gasteiger partial charge on any atom is 0.586 e. The third-order valence-corrected chi connectivity index (χ3v) is 4.47. The number of hydrogen-bond acceptors (Lipinski definition) is 11. The molecule has 0 unspecified atom stereocenters. The normalized spacial score (nSPS) is 17.1. The van der Waals surface area contributed by atoms with Crippen molar-refractivity contribution in [2.24, 2.45) is 0 Å². The van der Waals surface area contributed by atoms with Crippen LogP contribution in [0.2, 0.25) is 0 Å². The van der Waals surface area contributed by atoms with Crippen LogP contribution in [0.4, 0.5) is 38.0 Å². The Balaban J connectivity index is 1.32. The molecule has 2 aromatic heterocycles. The summed E-state index contributed by atoms with van der Waals surface area (Å²) in [5, 5.41) is 8.83. The van der Waals surface area contributed by atoms with E-state index >= 15 is 0 Å². The van der Waals surface area contributed by atoms with E-state index in [4.69, 9.17) is 4.74 Å². The second kappa shape index (κ2) is 6.87. The number of anilines is 5. The van der Waals surface area contributed by atoms with Crippen LogP contribution in [0.1, 0.15) is 13.8 Å². The Morgan fingerprint density at radius 3 is 2.47 bits per heavy atom. The fraction of sp³-hybridized carbons (Fsp3) is 0.211. The Hall–Kier alpha value is -4.29. The van der Waals surface area contributed by atoms with Crippen molar-refractivity contribution in [3.05, 3.63) is 36.7 Å². The number of nitrogens with one attached hydrogen (secondary N) is 3. The number of rotatable bonds is 4. The van der Waals surface area contributed by atoms with Crippen molar-refractivity contribution in [2.45, 2.75) is 25.7 Å². The van der Waals surface area contributed by atoms with Crippen molar-refractivity contribution in [3.8, 4) is 17.2 Å². The van der Waals surface area contributed by atoms with Gasteiger partial charge in [0, 0.05) is 11.8 Å². The molecule has 5 rings (SSSR count). The van der Waals surface area contributed by atoms with Gasteiger partial charge in [-0.2, -0.15) is 4.98 Å². The number of fused-ring (bicyclic) bond motifs is 2. The molecule has 0 radical (unpaired) electrons. The first-order valence-corrected chi connectivity index (χ1v) is 9.31. The lowest BCUT2D eigenvalue weighted by Crippen LogP contribution is -2.46. The van der Waals surface area contributed by atoms with E-state index in [0.717, 1.165) is 0 Å². The molecular weight excluding hydrogens is 428 g/mol. The predicted molar refractivity (Wildman–Crippen MR) is 107 cm³/mol. The van der Waals surface area contributed by atoms with Crippen molar-refractivity contribution in [3.63, 3.8) is 0 Å². The number of ether oxygens (including phenoxy) is 3. The highest BCUT2D eigenvalue weighted by molar-refractivity contribution is 5.89. The summed E-state index contributed by atoms with van der Waals surface area (Å²) in [4.78, 5) is 28.6. The van der Waals surface area contributed by atoms with Crippen LogP contribution in [0, 0.1) is 0 Å². The van der Waals surface area contributed by atoms with E-state index in [9.17, 15) is 13.6 Å². The van der Waals surface area contributed by atoms with E-state index in [2.05, 4.69) is 45.4 Å². The van der Waals surface area contributed by atoms with Gasteiger partial charge in [0.15, 0.2) is 23.1 Å². The molecule has 164 valence electrons. The van der Waals surface area contributed by atoms with E-state index in [1.807, 2.05) is 0 Å². The van der Waals surface area contributed by atoms with Gasteiger partial charge in [0.05, 0.1) is 0 Å². The van der Waals surface area contributed by atoms with Gasteiger partial charge >= 0.3 is 12.3 Å². The third-order valence-electron chi connectivity index (χ3n) is 4.47. The van der Waals surface area contributed by atoms with E-state index in [0.29, 0.717) is 23.1 Å². The van der Waals surface area contributed by atoms with Crippen molar-refractivity contribution < 1.29 is 27.8 Å². The zero-order valence-electron chi connectivity index (χ0n) is 16.6. The molecule has 4 heterocycles. The monoisotopic (exact) mass is 443 g/mol. The summed E-state index contributed by atoms with van der Waals surface area (Å²) in [6.07, 6.45) is -2.43. The first-order valence-electron chi connectivity index (χ1n) is 9.31. The number of esters is 1. The number of nitrogens with zero attached hydrogens (tertiary/aromatic N) is 4. The van der Waals surface area contributed by atoms with Gasteiger partial charge in [-0.05, 0) is 38.1 Å². The average Bonchev–Trinajstić information content (AvgIpc) is 3.02. The lowest BCUT2D eigenvalue weighted by molar-refractivity contribution is -0.286. The molecule has 3 N–H and O–H groups in total. The summed E-state index contributed by atoms with van der Waals surface area (Å²) in [6, 6.07) is 7.39. The summed E-state index contributed by atoms with van der Waals surface area (Å²) in [6.45, 7) is 3.36. The van der Waals surface area contributed by atoms with Gasteiger partial charge in [0.2, 0.25) is 11.9 Å². The van der Waals surface area contributed by atoms with Crippen molar-refractivity contribution in [2.75, 3.05) is 16.0 Å². The fourth-order valence-corrected chi connectivity index (χ4v) is 2.95. The molecule has 0 spiro atoms. The van der Waals surface area contributed by atoms with E-state index < -0.39 is 17.8 Å². The van der Waals surface area contributed by atoms with Crippen LogP contribution >= 0.6 is 0 Å². The van der Waals surface area contributed by atoms with Crippen molar-refractivity contribution >= 4 is 35.2 Å². The maximum absolute atomic E-state index is 13.2. The molecule has 3 aromatic rings. The van der Waals surface area contributed by atoms with Crippen LogP contribution in [-0.4, -0.2) is 37.7 Å². The van der Waals surface area contributed by atoms with Crippen LogP contribution in [0.25, 0.3) is 0 Å². The average molecular weight is 443 g/mol. The Morgan fingerprint density at radius 2 is 1.66 bits per heavy atom. The Labute approximate surface area is 179 Å². The quantitative estimate of drug-likeness (QED) is 0.514. The second-order valence-corrected chi connectivity index (χ2v) is 7.39. The van der Waals surface area contributed by atoms with Gasteiger partial charge in [0.1, 0.15) is 17.7 Å². The molecule has 0 fully saturated rings. The van der Waals surface area contributed by atoms with Crippen LogP contribution < -0.4 is 30.2 Å². The molecule has 32 heavy (non-hydrogen) atoms. The zero-order valence-corrected chi connectivity index (χ0v) is 16.6. The molecule has 0 atom stereocenters. The number of halogens is 2. The summed E-state index contributed by atoms with van der Waals surface area (Å²) < 4.78 is 40.4. The molecule has 11 nitrogen and oxygen atoms in total. The van der Waals surface area contributed by atoms with Crippen molar-refractivity contribution in [1.82, 2.24) is 19.9 Å². The predicted octanol–water partition coefficient (Wildman–Crippen LogP) is 3.18. The molecule has 0 bridgehead atoms. The minimum absolute atomic E-state index is 0.0699. The number of benzene rings is 1. The molecule has 2 aliphatic rings. The number of pyridine rings is 1. The highest BCUT2D eigenvalue weighted by Crippen LogP contribution is 2.42. The standard InChI is InChI=1S/C19H15F2N7O4/c1-18(2)15(29)30-11-5-6-13(25-14(11)28-18)26-17-23-8-22-16(27-17)24-9-3-4-10-12(7-9)32-19(20,21)31-10/h3-8H,1-2H3,(H3,22,23,24,25,26,27,28). The molecule has 1 aromatic carbocycles. The van der Waals surface area contributed by atoms with Gasteiger partial charge in [-0.15, -0.1) is 8.78 Å². The minimum atomic E-state index is -3.70. The molecule has 2 aliphatic heterocycles. The molecular formula is C19H15F2N7O4. The second-order valence-electron chi connectivity index (χ2n) is 7.39. The van der Waals surface area contributed by atoms with Gasteiger partial charge in [0.25, 0.3) is 0 Å². The maximum atomic E-state index is 13.2. The number of carbonyl (C=O) groups is 1. The Bertz CT molecular complexity index is 1240. The SMILES string of the molecule is CC1(C)Nc2nc(Nc3ncnc(Nc4ccc5c(c4)OC(F)(F)O5)n3)ccc2OC1=O. The third kappa shape index (κ3) is 3.75. The van der Waals surface area contributed by atoms with Crippen molar-refractivity contribution in [1.29, 1.82) is 0 Å². The number of aromatic nitrogens is 4. The van der Waals surface area contributed by atoms with Gasteiger partial charge in [-0.1, -0.05) is 0 Å². The fourth-order valence-electron chi connectivity index (χ4n) is 2.95. The smallest absolute Gasteiger partial charge is 0.421 e. The van der Waals surface area contributed by atoms with E-state index in [1.54, 1.807) is 26.0 Å². The Morgan fingerprint density at radius 1 is 0.938 bits per heavy atom. The van der Waals surface area contributed by atoms with Gasteiger partial charge in [-0.3, -0.25) is 0 Å². The first kappa shape index (κ1) is 19.7. The van der Waals surface area contributed by atoms with E-state index in [1.165, 1.54) is 24.5 Å². The largest absolute Gasteiger partial charge is 0.586 e. The van der Waals surface area contributed by atoms with E-state index in [-0.39, 0.29) is 23.4 Å². The minimum Gasteiger partial charge on any atom is -0.421 e. The lowest BCUT2D eigenvalue weighted by Gasteiger charge is -2.30. The highest BCUT2D eigenvalue weighted by atomic mass is 19.3. The van der Waals surface area contributed by atoms with Gasteiger partial charge < -0.3 is 30.2 Å². The summed E-state index contributed by atoms with van der Waals surface area (Å²) in [7, 11) is 0. The van der Waals surface area contributed by atoms with Crippen LogP contribution in [-0.2, 0) is 4.79 Å². The first-order chi connectivity index (χ1) is 15.2. The zero-order chi connectivity index (χ0) is 22.5. The molecule has 0 saturated carbocycles. The summed E-state index contributed by atoms with van der Waals surface area (Å²) >= 11 is 0. The molecule has 0 aliphatic carbocycles. The number of hydrogen-bond donors (Lipinski definition) is 3. The van der Waals surface area contributed by atoms with Gasteiger partial charge in [-0.25, -0.2) is 19.7 Å². The van der Waals surface area contributed by atoms with Crippen LogP contribution in [0.5, 0.6) is 17.2 Å². The topological polar surface area (TPSA) is 132 Å². The molecule has 13 heteroatoms. The molecule has 0 saturated heterocycles. The number of alkyl halides is 2. The van der Waals surface area contributed by atoms with Crippen LogP contribution in [0.3, 0.4) is 0 Å². The summed E-state index contributed by atoms with van der Waals surface area (Å²) in [5.41, 5.74) is -0.514. The lowest BCUT2D eigenvalue weighted by atomic mass is 10.0. The summed E-state index contributed by atoms with van der Waals surface area (Å²) in [5.74, 6) is 0.839. The number of carbonyl (C=O) groups excluding carboxylic acids is 1. The Kier molecular flexibility index (Phi) is 4.22. The highest BCUT2D eigenvalue weighted by Gasteiger charge is 2.43. The molecule has 0 amide bonds. The van der Waals surface area contributed by atoms with Crippen LogP contribution in [0.15, 0.2) is 36.7 Å².